The number of para-hydroxylation sites is 1. The molecule has 2 aromatic rings. The number of hydrogen-bond donors (Lipinski definition) is 1. The van der Waals surface area contributed by atoms with Gasteiger partial charge in [0.2, 0.25) is 21.8 Å². The van der Waals surface area contributed by atoms with Crippen LogP contribution >= 0.6 is 0 Å². The second kappa shape index (κ2) is 12.0. The highest BCUT2D eigenvalue weighted by molar-refractivity contribution is 7.92. The third-order valence-electron chi connectivity index (χ3n) is 5.31. The molecule has 9 heteroatoms. The number of sulfonamides is 1. The minimum atomic E-state index is -3.75. The number of halogens is 1. The molecule has 186 valence electrons. The summed E-state index contributed by atoms with van der Waals surface area (Å²) < 4.78 is 39.8. The highest BCUT2D eigenvalue weighted by Crippen LogP contribution is 2.22. The monoisotopic (exact) mass is 491 g/mol. The number of amides is 2. The topological polar surface area (TPSA) is 86.8 Å². The summed E-state index contributed by atoms with van der Waals surface area (Å²) in [6.07, 6.45) is 1.18. The number of carbonyl (C=O) groups is 2. The summed E-state index contributed by atoms with van der Waals surface area (Å²) in [4.78, 5) is 27.4. The van der Waals surface area contributed by atoms with Crippen LogP contribution in [0.3, 0.4) is 0 Å². The van der Waals surface area contributed by atoms with E-state index in [1.54, 1.807) is 13.0 Å². The summed E-state index contributed by atoms with van der Waals surface area (Å²) in [5, 5.41) is 2.83. The van der Waals surface area contributed by atoms with Gasteiger partial charge in [-0.1, -0.05) is 42.0 Å². The molecule has 2 amide bonds. The molecular formula is C25H34FN3O4S. The lowest BCUT2D eigenvalue weighted by Gasteiger charge is -2.30. The summed E-state index contributed by atoms with van der Waals surface area (Å²) in [6, 6.07) is 12.5. The van der Waals surface area contributed by atoms with E-state index in [2.05, 4.69) is 5.32 Å². The molecule has 0 spiro atoms. The third kappa shape index (κ3) is 7.83. The van der Waals surface area contributed by atoms with Crippen molar-refractivity contribution in [3.63, 3.8) is 0 Å². The van der Waals surface area contributed by atoms with Gasteiger partial charge in [0.25, 0.3) is 0 Å². The normalized spacial score (nSPS) is 12.3. The van der Waals surface area contributed by atoms with Gasteiger partial charge in [0.15, 0.2) is 0 Å². The molecule has 0 bridgehead atoms. The number of hydrogen-bond acceptors (Lipinski definition) is 4. The number of rotatable bonds is 11. The summed E-state index contributed by atoms with van der Waals surface area (Å²) in [5.74, 6) is -1.20. The molecule has 0 fully saturated rings. The second-order valence-corrected chi connectivity index (χ2v) is 10.6. The highest BCUT2D eigenvalue weighted by Gasteiger charge is 2.27. The van der Waals surface area contributed by atoms with Gasteiger partial charge in [0.05, 0.1) is 11.9 Å². The average Bonchev–Trinajstić information content (AvgIpc) is 2.74. The van der Waals surface area contributed by atoms with E-state index in [0.29, 0.717) is 0 Å². The van der Waals surface area contributed by atoms with Crippen LogP contribution in [0.2, 0.25) is 0 Å². The molecule has 1 unspecified atom stereocenters. The molecule has 0 aliphatic heterocycles. The SMILES string of the molecule is Cc1cccc(CN(C(=O)CCCN(c2ccccc2F)S(C)(=O)=O)C(C)C(=O)NC(C)C)c1. The Hall–Kier alpha value is -2.94. The first-order valence-corrected chi connectivity index (χ1v) is 13.1. The molecule has 0 saturated carbocycles. The Labute approximate surface area is 202 Å². The Morgan fingerprint density at radius 2 is 1.74 bits per heavy atom. The molecule has 0 aliphatic carbocycles. The Bertz CT molecular complexity index is 1100. The van der Waals surface area contributed by atoms with Crippen LogP contribution in [0.1, 0.15) is 44.7 Å². The summed E-state index contributed by atoms with van der Waals surface area (Å²) >= 11 is 0. The zero-order valence-electron chi connectivity index (χ0n) is 20.4. The molecular weight excluding hydrogens is 457 g/mol. The zero-order valence-corrected chi connectivity index (χ0v) is 21.2. The third-order valence-corrected chi connectivity index (χ3v) is 6.49. The minimum absolute atomic E-state index is 0.00554. The molecule has 7 nitrogen and oxygen atoms in total. The van der Waals surface area contributed by atoms with Gasteiger partial charge in [-0.25, -0.2) is 12.8 Å². The summed E-state index contributed by atoms with van der Waals surface area (Å²) in [6.45, 7) is 7.51. The van der Waals surface area contributed by atoms with E-state index in [0.717, 1.165) is 21.7 Å². The second-order valence-electron chi connectivity index (χ2n) is 8.74. The lowest BCUT2D eigenvalue weighted by molar-refractivity contribution is -0.140. The Kier molecular flexibility index (Phi) is 9.61. The number of benzene rings is 2. The van der Waals surface area contributed by atoms with E-state index in [4.69, 9.17) is 0 Å². The Balaban J connectivity index is 2.18. The smallest absolute Gasteiger partial charge is 0.242 e. The largest absolute Gasteiger partial charge is 0.352 e. The lowest BCUT2D eigenvalue weighted by atomic mass is 10.1. The van der Waals surface area contributed by atoms with Crippen molar-refractivity contribution in [2.45, 2.75) is 59.2 Å². The van der Waals surface area contributed by atoms with E-state index < -0.39 is 21.9 Å². The van der Waals surface area contributed by atoms with E-state index in [1.165, 1.54) is 23.1 Å². The Morgan fingerprint density at radius 1 is 1.06 bits per heavy atom. The van der Waals surface area contributed by atoms with E-state index in [9.17, 15) is 22.4 Å². The van der Waals surface area contributed by atoms with Crippen molar-refractivity contribution in [3.8, 4) is 0 Å². The number of aryl methyl sites for hydroxylation is 1. The predicted octanol–water partition coefficient (Wildman–Crippen LogP) is 3.62. The van der Waals surface area contributed by atoms with Crippen molar-refractivity contribution < 1.29 is 22.4 Å². The fourth-order valence-corrected chi connectivity index (χ4v) is 4.60. The van der Waals surface area contributed by atoms with Crippen LogP contribution in [0.5, 0.6) is 0 Å². The molecule has 1 N–H and O–H groups in total. The molecule has 0 aliphatic rings. The van der Waals surface area contributed by atoms with Crippen LogP contribution in [-0.2, 0) is 26.2 Å². The summed E-state index contributed by atoms with van der Waals surface area (Å²) in [5.41, 5.74) is 1.87. The molecule has 2 rings (SSSR count). The van der Waals surface area contributed by atoms with Crippen molar-refractivity contribution in [2.24, 2.45) is 0 Å². The van der Waals surface area contributed by atoms with Crippen LogP contribution in [0.4, 0.5) is 10.1 Å². The van der Waals surface area contributed by atoms with Gasteiger partial charge in [-0.3, -0.25) is 13.9 Å². The van der Waals surface area contributed by atoms with Crippen LogP contribution in [0.25, 0.3) is 0 Å². The molecule has 34 heavy (non-hydrogen) atoms. The predicted molar refractivity (Wildman–Crippen MR) is 132 cm³/mol. The molecule has 0 heterocycles. The molecule has 0 aromatic heterocycles. The fraction of sp³-hybridized carbons (Fsp3) is 0.440. The van der Waals surface area contributed by atoms with Gasteiger partial charge in [-0.2, -0.15) is 0 Å². The molecule has 1 atom stereocenters. The van der Waals surface area contributed by atoms with Crippen LogP contribution in [-0.4, -0.2) is 50.0 Å². The summed E-state index contributed by atoms with van der Waals surface area (Å²) in [7, 11) is -3.75. The van der Waals surface area contributed by atoms with Crippen LogP contribution < -0.4 is 9.62 Å². The van der Waals surface area contributed by atoms with Gasteiger partial charge < -0.3 is 10.2 Å². The first kappa shape index (κ1) is 27.3. The maximum Gasteiger partial charge on any atom is 0.242 e. The van der Waals surface area contributed by atoms with Crippen LogP contribution in [0.15, 0.2) is 48.5 Å². The Morgan fingerprint density at radius 3 is 2.32 bits per heavy atom. The molecule has 2 aromatic carbocycles. The van der Waals surface area contributed by atoms with Crippen molar-refractivity contribution in [2.75, 3.05) is 17.1 Å². The van der Waals surface area contributed by atoms with Gasteiger partial charge in [0, 0.05) is 25.6 Å². The van der Waals surface area contributed by atoms with Gasteiger partial charge in [-0.05, 0) is 51.8 Å². The van der Waals surface area contributed by atoms with E-state index >= 15 is 0 Å². The average molecular weight is 492 g/mol. The number of carbonyl (C=O) groups excluding carboxylic acids is 2. The van der Waals surface area contributed by atoms with Gasteiger partial charge in [0.1, 0.15) is 11.9 Å². The number of nitrogens with zero attached hydrogens (tertiary/aromatic N) is 2. The van der Waals surface area contributed by atoms with E-state index in [-0.39, 0.29) is 49.5 Å². The highest BCUT2D eigenvalue weighted by atomic mass is 32.2. The van der Waals surface area contributed by atoms with Crippen molar-refractivity contribution >= 4 is 27.5 Å². The standard InChI is InChI=1S/C25H34FN3O4S/c1-18(2)27-25(31)20(4)28(17-21-11-8-10-19(3)16-21)24(30)14-9-15-29(34(5,32)33)23-13-7-6-12-22(23)26/h6-8,10-13,16,18,20H,9,14-15,17H2,1-5H3,(H,27,31). The van der Waals surface area contributed by atoms with Gasteiger partial charge >= 0.3 is 0 Å². The molecule has 0 radical (unpaired) electrons. The maximum absolute atomic E-state index is 14.2. The minimum Gasteiger partial charge on any atom is -0.352 e. The number of nitrogens with one attached hydrogen (secondary N) is 1. The quantitative estimate of drug-likeness (QED) is 0.520. The fourth-order valence-electron chi connectivity index (χ4n) is 3.63. The van der Waals surface area contributed by atoms with Crippen molar-refractivity contribution in [1.29, 1.82) is 0 Å². The maximum atomic E-state index is 14.2. The van der Waals surface area contributed by atoms with Crippen molar-refractivity contribution in [3.05, 3.63) is 65.5 Å². The first-order valence-electron chi connectivity index (χ1n) is 11.3. The first-order chi connectivity index (χ1) is 15.9. The van der Waals surface area contributed by atoms with Gasteiger partial charge in [-0.15, -0.1) is 0 Å². The van der Waals surface area contributed by atoms with E-state index in [1.807, 2.05) is 45.0 Å². The zero-order chi connectivity index (χ0) is 25.5. The van der Waals surface area contributed by atoms with Crippen LogP contribution in [0, 0.1) is 12.7 Å². The van der Waals surface area contributed by atoms with Crippen molar-refractivity contribution in [1.82, 2.24) is 10.2 Å². The molecule has 0 saturated heterocycles. The lowest BCUT2D eigenvalue weighted by Crippen LogP contribution is -2.49. The number of anilines is 1.